The van der Waals surface area contributed by atoms with Gasteiger partial charge >= 0.3 is 5.97 Å². The Morgan fingerprint density at radius 1 is 1.45 bits per heavy atom. The molecule has 1 rings (SSSR count). The predicted molar refractivity (Wildman–Crippen MR) is 73.9 cm³/mol. The number of aliphatic hydroxyl groups excluding tert-OH is 2. The second-order valence-corrected chi connectivity index (χ2v) is 5.99. The summed E-state index contributed by atoms with van der Waals surface area (Å²) in [4.78, 5) is 24.6. The zero-order valence-corrected chi connectivity index (χ0v) is 12.5. The second-order valence-electron chi connectivity index (χ2n) is 5.99. The van der Waals surface area contributed by atoms with Crippen LogP contribution in [-0.4, -0.2) is 40.8 Å². The van der Waals surface area contributed by atoms with Gasteiger partial charge in [-0.05, 0) is 27.2 Å². The number of rotatable bonds is 5. The molecule has 0 bridgehead atoms. The van der Waals surface area contributed by atoms with Gasteiger partial charge < -0.3 is 14.9 Å². The first-order chi connectivity index (χ1) is 9.22. The van der Waals surface area contributed by atoms with Crippen molar-refractivity contribution in [1.82, 2.24) is 0 Å². The third kappa shape index (κ3) is 3.46. The maximum atomic E-state index is 12.5. The Labute approximate surface area is 119 Å². The van der Waals surface area contributed by atoms with Crippen LogP contribution >= 0.6 is 0 Å². The van der Waals surface area contributed by atoms with E-state index in [0.717, 1.165) is 5.57 Å². The van der Waals surface area contributed by atoms with Crippen LogP contribution in [0.1, 0.15) is 40.5 Å². The Morgan fingerprint density at radius 3 is 2.55 bits per heavy atom. The average molecular weight is 284 g/mol. The molecule has 1 heterocycles. The van der Waals surface area contributed by atoms with Crippen LogP contribution in [0.2, 0.25) is 0 Å². The fourth-order valence-corrected chi connectivity index (χ4v) is 2.33. The first-order valence-corrected chi connectivity index (χ1v) is 6.90. The van der Waals surface area contributed by atoms with Crippen LogP contribution in [-0.2, 0) is 14.3 Å². The van der Waals surface area contributed by atoms with Crippen molar-refractivity contribution in [3.63, 3.8) is 0 Å². The minimum Gasteiger partial charge on any atom is -0.461 e. The van der Waals surface area contributed by atoms with Gasteiger partial charge in [-0.2, -0.15) is 0 Å². The first-order valence-electron chi connectivity index (χ1n) is 6.90. The van der Waals surface area contributed by atoms with E-state index in [2.05, 4.69) is 0 Å². The molecule has 114 valence electrons. The van der Waals surface area contributed by atoms with Crippen LogP contribution in [0.4, 0.5) is 0 Å². The Hall–Kier alpha value is -1.20. The molecule has 5 nitrogen and oxygen atoms in total. The SMILES string of the molecule is CC(C)=CC[C@@]1(C)C(=O)O[C@H](C[C@H](O)CO)[C@@H](C)C1=O. The third-order valence-electron chi connectivity index (χ3n) is 3.86. The Balaban J connectivity index is 2.89. The van der Waals surface area contributed by atoms with Crippen molar-refractivity contribution < 1.29 is 24.5 Å². The number of Topliss-reactive ketones (excluding diaryl/α,β-unsaturated/α-hetero) is 1. The molecule has 1 aliphatic heterocycles. The molecule has 0 spiro atoms. The van der Waals surface area contributed by atoms with E-state index >= 15 is 0 Å². The maximum Gasteiger partial charge on any atom is 0.319 e. The van der Waals surface area contributed by atoms with Crippen LogP contribution in [0.3, 0.4) is 0 Å². The number of hydrogen-bond acceptors (Lipinski definition) is 5. The van der Waals surface area contributed by atoms with E-state index in [0.29, 0.717) is 6.42 Å². The fourth-order valence-electron chi connectivity index (χ4n) is 2.33. The minimum absolute atomic E-state index is 0.0773. The summed E-state index contributed by atoms with van der Waals surface area (Å²) in [6, 6.07) is 0. The van der Waals surface area contributed by atoms with Crippen molar-refractivity contribution >= 4 is 11.8 Å². The van der Waals surface area contributed by atoms with Crippen molar-refractivity contribution in [2.24, 2.45) is 11.3 Å². The van der Waals surface area contributed by atoms with Gasteiger partial charge in [0.05, 0.1) is 18.6 Å². The molecule has 1 aliphatic rings. The van der Waals surface area contributed by atoms with Crippen molar-refractivity contribution in [1.29, 1.82) is 0 Å². The number of carbonyl (C=O) groups excluding carboxylic acids is 2. The molecule has 0 saturated carbocycles. The molecule has 0 aromatic carbocycles. The lowest BCUT2D eigenvalue weighted by atomic mass is 9.72. The largest absolute Gasteiger partial charge is 0.461 e. The van der Waals surface area contributed by atoms with E-state index in [-0.39, 0.29) is 12.2 Å². The van der Waals surface area contributed by atoms with Crippen molar-refractivity contribution in [2.45, 2.75) is 52.7 Å². The number of esters is 1. The van der Waals surface area contributed by atoms with Gasteiger partial charge in [0.2, 0.25) is 0 Å². The lowest BCUT2D eigenvalue weighted by molar-refractivity contribution is -0.180. The monoisotopic (exact) mass is 284 g/mol. The van der Waals surface area contributed by atoms with Crippen LogP contribution in [0.25, 0.3) is 0 Å². The summed E-state index contributed by atoms with van der Waals surface area (Å²) in [5, 5.41) is 18.3. The number of aliphatic hydroxyl groups is 2. The number of cyclic esters (lactones) is 1. The Kier molecular flexibility index (Phi) is 5.48. The highest BCUT2D eigenvalue weighted by Gasteiger charge is 2.51. The maximum absolute atomic E-state index is 12.5. The number of hydrogen-bond donors (Lipinski definition) is 2. The molecular formula is C15H24O5. The summed E-state index contributed by atoms with van der Waals surface area (Å²) < 4.78 is 5.33. The Morgan fingerprint density at radius 2 is 2.05 bits per heavy atom. The van der Waals surface area contributed by atoms with Crippen molar-refractivity contribution in [3.8, 4) is 0 Å². The van der Waals surface area contributed by atoms with E-state index in [1.54, 1.807) is 13.8 Å². The van der Waals surface area contributed by atoms with E-state index < -0.39 is 36.1 Å². The molecule has 0 aromatic heterocycles. The zero-order chi connectivity index (χ0) is 15.5. The Bertz CT molecular complexity index is 410. The van der Waals surface area contributed by atoms with Gasteiger partial charge in [0.15, 0.2) is 5.78 Å². The first kappa shape index (κ1) is 16.9. The molecule has 1 saturated heterocycles. The van der Waals surface area contributed by atoms with Gasteiger partial charge in [0, 0.05) is 6.42 Å². The lowest BCUT2D eigenvalue weighted by Gasteiger charge is -2.38. The summed E-state index contributed by atoms with van der Waals surface area (Å²) in [6.07, 6.45) is 0.608. The van der Waals surface area contributed by atoms with Gasteiger partial charge in [-0.1, -0.05) is 18.6 Å². The zero-order valence-electron chi connectivity index (χ0n) is 12.5. The summed E-state index contributed by atoms with van der Waals surface area (Å²) in [5.74, 6) is -1.20. The molecule has 0 unspecified atom stereocenters. The predicted octanol–water partition coefficient (Wildman–Crippen LogP) is 1.22. The van der Waals surface area contributed by atoms with E-state index in [9.17, 15) is 14.7 Å². The minimum atomic E-state index is -1.16. The summed E-state index contributed by atoms with van der Waals surface area (Å²) in [7, 11) is 0. The fraction of sp³-hybridized carbons (Fsp3) is 0.733. The van der Waals surface area contributed by atoms with Crippen LogP contribution in [0, 0.1) is 11.3 Å². The van der Waals surface area contributed by atoms with Crippen LogP contribution in [0.15, 0.2) is 11.6 Å². The average Bonchev–Trinajstić information content (AvgIpc) is 2.40. The number of carbonyl (C=O) groups is 2. The lowest BCUT2D eigenvalue weighted by Crippen LogP contribution is -2.52. The summed E-state index contributed by atoms with van der Waals surface area (Å²) in [5.41, 5.74) is -0.116. The summed E-state index contributed by atoms with van der Waals surface area (Å²) in [6.45, 7) is 6.71. The quantitative estimate of drug-likeness (QED) is 0.450. The highest BCUT2D eigenvalue weighted by atomic mass is 16.5. The molecule has 4 atom stereocenters. The van der Waals surface area contributed by atoms with Gasteiger partial charge in [-0.15, -0.1) is 0 Å². The molecule has 0 aliphatic carbocycles. The van der Waals surface area contributed by atoms with Crippen LogP contribution in [0.5, 0.6) is 0 Å². The normalized spacial score (nSPS) is 31.7. The number of ether oxygens (including phenoxy) is 1. The van der Waals surface area contributed by atoms with Crippen LogP contribution < -0.4 is 0 Å². The van der Waals surface area contributed by atoms with Crippen molar-refractivity contribution in [3.05, 3.63) is 11.6 Å². The van der Waals surface area contributed by atoms with Gasteiger partial charge in [0.25, 0.3) is 0 Å². The molecule has 0 amide bonds. The van der Waals surface area contributed by atoms with E-state index in [4.69, 9.17) is 9.84 Å². The van der Waals surface area contributed by atoms with Gasteiger partial charge in [-0.25, -0.2) is 0 Å². The van der Waals surface area contributed by atoms with Gasteiger partial charge in [0.1, 0.15) is 11.5 Å². The number of allylic oxidation sites excluding steroid dienone is 2. The second kappa shape index (κ2) is 6.50. The molecule has 0 radical (unpaired) electrons. The summed E-state index contributed by atoms with van der Waals surface area (Å²) >= 11 is 0. The van der Waals surface area contributed by atoms with E-state index in [1.165, 1.54) is 0 Å². The molecule has 2 N–H and O–H groups in total. The molecule has 0 aromatic rings. The molecular weight excluding hydrogens is 260 g/mol. The smallest absolute Gasteiger partial charge is 0.319 e. The number of ketones is 1. The topological polar surface area (TPSA) is 83.8 Å². The van der Waals surface area contributed by atoms with Gasteiger partial charge in [-0.3, -0.25) is 9.59 Å². The highest BCUT2D eigenvalue weighted by molar-refractivity contribution is 6.06. The highest BCUT2D eigenvalue weighted by Crippen LogP contribution is 2.37. The van der Waals surface area contributed by atoms with Crippen molar-refractivity contribution in [2.75, 3.05) is 6.61 Å². The standard InChI is InChI=1S/C15H24O5/c1-9(2)5-6-15(4)13(18)10(3)12(20-14(15)19)7-11(17)8-16/h5,10-12,16-17H,6-8H2,1-4H3/t10-,11+,12-,15-/m1/s1. The molecule has 5 heteroatoms. The molecule has 1 fully saturated rings. The third-order valence-corrected chi connectivity index (χ3v) is 3.86. The molecule has 20 heavy (non-hydrogen) atoms. The van der Waals surface area contributed by atoms with E-state index in [1.807, 2.05) is 19.9 Å².